The standard InChI is InChI=1S/C20H23N7O4S/c1-11(2)32(29,30)13-7-5-12(6-8-13)15-10-23-17(21)16(24-15)19-26-27-20(31-19)25-18(28)14-4-3-9-22-14/h5-8,10-11,14,22H,3-4,9H2,1-2H3,(H2,21,23)(H,25,27,28). The van der Waals surface area contributed by atoms with Crippen LogP contribution in [0.3, 0.4) is 0 Å². The van der Waals surface area contributed by atoms with Crippen LogP contribution in [0.25, 0.3) is 22.8 Å². The van der Waals surface area contributed by atoms with Crippen LogP contribution in [0.5, 0.6) is 0 Å². The predicted molar refractivity (Wildman–Crippen MR) is 117 cm³/mol. The zero-order valence-electron chi connectivity index (χ0n) is 17.6. The Balaban J connectivity index is 1.57. The van der Waals surface area contributed by atoms with E-state index in [9.17, 15) is 13.2 Å². The van der Waals surface area contributed by atoms with Crippen LogP contribution in [0, 0.1) is 0 Å². The predicted octanol–water partition coefficient (Wildman–Crippen LogP) is 1.65. The lowest BCUT2D eigenvalue weighted by Crippen LogP contribution is -2.35. The van der Waals surface area contributed by atoms with E-state index in [2.05, 4.69) is 30.8 Å². The number of carbonyl (C=O) groups excluding carboxylic acids is 1. The minimum absolute atomic E-state index is 0.00513. The van der Waals surface area contributed by atoms with E-state index >= 15 is 0 Å². The van der Waals surface area contributed by atoms with Crippen LogP contribution in [0.15, 0.2) is 39.8 Å². The van der Waals surface area contributed by atoms with E-state index in [1.54, 1.807) is 26.0 Å². The minimum atomic E-state index is -3.38. The van der Waals surface area contributed by atoms with Gasteiger partial charge in [-0.25, -0.2) is 18.4 Å². The molecule has 1 fully saturated rings. The van der Waals surface area contributed by atoms with Gasteiger partial charge in [0.1, 0.15) is 0 Å². The van der Waals surface area contributed by atoms with Gasteiger partial charge in [0.15, 0.2) is 21.3 Å². The van der Waals surface area contributed by atoms with E-state index < -0.39 is 15.1 Å². The molecule has 1 unspecified atom stereocenters. The summed E-state index contributed by atoms with van der Waals surface area (Å²) in [6.45, 7) is 4.05. The first-order valence-corrected chi connectivity index (χ1v) is 11.7. The summed E-state index contributed by atoms with van der Waals surface area (Å²) in [7, 11) is -3.38. The highest BCUT2D eigenvalue weighted by Crippen LogP contribution is 2.27. The molecule has 1 saturated heterocycles. The summed E-state index contributed by atoms with van der Waals surface area (Å²) in [5, 5.41) is 12.9. The lowest BCUT2D eigenvalue weighted by Gasteiger charge is -2.09. The molecule has 1 aliphatic rings. The SMILES string of the molecule is CC(C)S(=O)(=O)c1ccc(-c2cnc(N)c(-c3nnc(NC(=O)C4CCCN4)o3)n2)cc1. The van der Waals surface area contributed by atoms with Crippen molar-refractivity contribution in [1.29, 1.82) is 0 Å². The van der Waals surface area contributed by atoms with Crippen molar-refractivity contribution < 1.29 is 17.6 Å². The number of sulfone groups is 1. The fourth-order valence-corrected chi connectivity index (χ4v) is 4.31. The summed E-state index contributed by atoms with van der Waals surface area (Å²) < 4.78 is 30.2. The van der Waals surface area contributed by atoms with Crippen LogP contribution in [-0.2, 0) is 14.6 Å². The molecule has 3 heterocycles. The van der Waals surface area contributed by atoms with Gasteiger partial charge in [-0.15, -0.1) is 5.10 Å². The Bertz CT molecular complexity index is 1230. The Hall–Kier alpha value is -3.38. The molecule has 0 radical (unpaired) electrons. The number of carbonyl (C=O) groups is 1. The van der Waals surface area contributed by atoms with Crippen LogP contribution in [0.2, 0.25) is 0 Å². The van der Waals surface area contributed by atoms with Crippen LogP contribution in [-0.4, -0.2) is 52.3 Å². The Morgan fingerprint density at radius 3 is 2.66 bits per heavy atom. The van der Waals surface area contributed by atoms with Gasteiger partial charge in [-0.3, -0.25) is 10.1 Å². The second kappa shape index (κ2) is 8.63. The molecule has 0 bridgehead atoms. The van der Waals surface area contributed by atoms with Gasteiger partial charge in [0, 0.05) is 5.56 Å². The van der Waals surface area contributed by atoms with Crippen LogP contribution < -0.4 is 16.4 Å². The van der Waals surface area contributed by atoms with Gasteiger partial charge in [-0.05, 0) is 45.4 Å². The Labute approximate surface area is 184 Å². The molecule has 0 spiro atoms. The maximum absolute atomic E-state index is 12.3. The van der Waals surface area contributed by atoms with E-state index in [-0.39, 0.29) is 40.3 Å². The van der Waals surface area contributed by atoms with Crippen molar-refractivity contribution in [3.63, 3.8) is 0 Å². The highest BCUT2D eigenvalue weighted by molar-refractivity contribution is 7.92. The van der Waals surface area contributed by atoms with Gasteiger partial charge in [-0.1, -0.05) is 17.2 Å². The average molecular weight is 458 g/mol. The van der Waals surface area contributed by atoms with Crippen molar-refractivity contribution >= 4 is 27.6 Å². The van der Waals surface area contributed by atoms with Crippen molar-refractivity contribution in [3.8, 4) is 22.8 Å². The number of nitrogens with two attached hydrogens (primary N) is 1. The van der Waals surface area contributed by atoms with Crippen molar-refractivity contribution in [2.24, 2.45) is 0 Å². The first kappa shape index (κ1) is 21.8. The van der Waals surface area contributed by atoms with E-state index in [4.69, 9.17) is 10.2 Å². The number of anilines is 2. The molecule has 2 aromatic heterocycles. The zero-order valence-corrected chi connectivity index (χ0v) is 18.4. The second-order valence-electron chi connectivity index (χ2n) is 7.66. The topological polar surface area (TPSA) is 166 Å². The van der Waals surface area contributed by atoms with Gasteiger partial charge in [-0.2, -0.15) is 0 Å². The molecular formula is C20H23N7O4S. The Morgan fingerprint density at radius 1 is 1.25 bits per heavy atom. The van der Waals surface area contributed by atoms with Crippen molar-refractivity contribution in [2.75, 3.05) is 17.6 Å². The van der Waals surface area contributed by atoms with Crippen LogP contribution in [0.1, 0.15) is 26.7 Å². The molecule has 168 valence electrons. The fourth-order valence-electron chi connectivity index (χ4n) is 3.25. The third kappa shape index (κ3) is 4.32. The zero-order chi connectivity index (χ0) is 22.9. The average Bonchev–Trinajstić information content (AvgIpc) is 3.46. The molecule has 1 amide bonds. The summed E-state index contributed by atoms with van der Waals surface area (Å²) in [6, 6.07) is 6.00. The maximum atomic E-state index is 12.3. The number of nitrogens with zero attached hydrogens (tertiary/aromatic N) is 4. The quantitative estimate of drug-likeness (QED) is 0.495. The Kier molecular flexibility index (Phi) is 5.89. The van der Waals surface area contributed by atoms with Gasteiger partial charge < -0.3 is 15.5 Å². The number of amides is 1. The largest absolute Gasteiger partial charge is 0.401 e. The molecule has 1 aromatic carbocycles. The summed E-state index contributed by atoms with van der Waals surface area (Å²) in [6.07, 6.45) is 3.14. The number of hydrogen-bond donors (Lipinski definition) is 3. The molecule has 4 N–H and O–H groups in total. The third-order valence-electron chi connectivity index (χ3n) is 5.13. The minimum Gasteiger partial charge on any atom is -0.401 e. The van der Waals surface area contributed by atoms with Crippen LogP contribution in [0.4, 0.5) is 11.8 Å². The summed E-state index contributed by atoms with van der Waals surface area (Å²) >= 11 is 0. The van der Waals surface area contributed by atoms with Crippen molar-refractivity contribution in [1.82, 2.24) is 25.5 Å². The van der Waals surface area contributed by atoms with Crippen molar-refractivity contribution in [2.45, 2.75) is 42.9 Å². The molecular weight excluding hydrogens is 434 g/mol. The number of aromatic nitrogens is 4. The summed E-state index contributed by atoms with van der Waals surface area (Å²) in [4.78, 5) is 21.0. The van der Waals surface area contributed by atoms with Crippen molar-refractivity contribution in [3.05, 3.63) is 30.5 Å². The van der Waals surface area contributed by atoms with E-state index in [1.165, 1.54) is 18.3 Å². The van der Waals surface area contributed by atoms with Gasteiger partial charge in [0.25, 0.3) is 5.89 Å². The van der Waals surface area contributed by atoms with E-state index in [0.29, 0.717) is 11.3 Å². The maximum Gasteiger partial charge on any atom is 0.322 e. The number of nitrogens with one attached hydrogen (secondary N) is 2. The Morgan fingerprint density at radius 2 is 2.00 bits per heavy atom. The second-order valence-corrected chi connectivity index (χ2v) is 10.2. The summed E-state index contributed by atoms with van der Waals surface area (Å²) in [5.74, 6) is -0.167. The first-order valence-electron chi connectivity index (χ1n) is 10.1. The number of rotatable bonds is 6. The molecule has 32 heavy (non-hydrogen) atoms. The van der Waals surface area contributed by atoms with Gasteiger partial charge in [0.2, 0.25) is 5.91 Å². The third-order valence-corrected chi connectivity index (χ3v) is 7.30. The smallest absolute Gasteiger partial charge is 0.322 e. The van der Waals surface area contributed by atoms with Gasteiger partial charge >= 0.3 is 6.01 Å². The summed E-state index contributed by atoms with van der Waals surface area (Å²) in [5.41, 5.74) is 7.19. The molecule has 0 saturated carbocycles. The number of benzene rings is 1. The lowest BCUT2D eigenvalue weighted by molar-refractivity contribution is -0.117. The number of hydrogen-bond acceptors (Lipinski definition) is 10. The highest BCUT2D eigenvalue weighted by Gasteiger charge is 2.24. The van der Waals surface area contributed by atoms with E-state index in [0.717, 1.165) is 19.4 Å². The van der Waals surface area contributed by atoms with E-state index in [1.807, 2.05) is 0 Å². The molecule has 1 atom stereocenters. The monoisotopic (exact) mass is 457 g/mol. The molecule has 1 aliphatic heterocycles. The highest BCUT2D eigenvalue weighted by atomic mass is 32.2. The number of nitrogen functional groups attached to an aromatic ring is 1. The van der Waals surface area contributed by atoms with Gasteiger partial charge in [0.05, 0.1) is 28.1 Å². The molecule has 12 heteroatoms. The molecule has 11 nitrogen and oxygen atoms in total. The first-order chi connectivity index (χ1) is 15.3. The van der Waals surface area contributed by atoms with Crippen LogP contribution >= 0.6 is 0 Å². The molecule has 3 aromatic rings. The fraction of sp³-hybridized carbons (Fsp3) is 0.350. The lowest BCUT2D eigenvalue weighted by atomic mass is 10.1. The normalized spacial score (nSPS) is 16.4. The molecule has 0 aliphatic carbocycles. The molecule has 4 rings (SSSR count).